The number of amides is 8. The Bertz CT molecular complexity index is 3130. The number of ether oxygens (including phenoxy) is 4. The first-order valence-electron chi connectivity index (χ1n) is 29.6. The largest absolute Gasteiger partial charge is 0.496 e. The third-order valence-electron chi connectivity index (χ3n) is 14.3. The van der Waals surface area contributed by atoms with E-state index in [0.717, 1.165) is 0 Å². The fraction of sp³-hybridized carbons (Fsp3) is 0.460. The molecule has 28 heteroatoms. The summed E-state index contributed by atoms with van der Waals surface area (Å²) in [5.41, 5.74) is 29.5. The maximum Gasteiger partial charge on any atom is 0.303 e. The van der Waals surface area contributed by atoms with Gasteiger partial charge in [-0.1, -0.05) is 13.8 Å². The van der Waals surface area contributed by atoms with Crippen LogP contribution in [0.5, 0.6) is 23.0 Å². The number of methoxy groups -OCH3 is 4. The van der Waals surface area contributed by atoms with Crippen LogP contribution in [0.1, 0.15) is 146 Å². The summed E-state index contributed by atoms with van der Waals surface area (Å²) < 4.78 is 21.9. The van der Waals surface area contributed by atoms with Crippen LogP contribution in [0.25, 0.3) is 0 Å². The van der Waals surface area contributed by atoms with Crippen molar-refractivity contribution in [1.82, 2.24) is 21.3 Å². The van der Waals surface area contributed by atoms with E-state index in [0.29, 0.717) is 77.4 Å². The van der Waals surface area contributed by atoms with Gasteiger partial charge in [0.2, 0.25) is 23.6 Å². The van der Waals surface area contributed by atoms with Crippen molar-refractivity contribution in [2.24, 2.45) is 28.7 Å². The maximum absolute atomic E-state index is 14.3. The number of carbonyl (C=O) groups excluding carboxylic acids is 9. The van der Waals surface area contributed by atoms with E-state index in [1.807, 2.05) is 0 Å². The second-order valence-electron chi connectivity index (χ2n) is 21.0. The molecule has 0 bridgehead atoms. The molecule has 0 heterocycles. The fourth-order valence-electron chi connectivity index (χ4n) is 9.29. The number of ketones is 1. The summed E-state index contributed by atoms with van der Waals surface area (Å²) in [7, 11) is 5.34. The number of nitrogens with one attached hydrogen (secondary N) is 8. The lowest BCUT2D eigenvalue weighted by molar-refractivity contribution is -0.137. The van der Waals surface area contributed by atoms with Gasteiger partial charge in [0, 0.05) is 29.2 Å². The first-order valence-corrected chi connectivity index (χ1v) is 29.6. The molecule has 0 saturated heterocycles. The number of hydrogen-bond donors (Lipinski definition) is 14. The van der Waals surface area contributed by atoms with Crippen molar-refractivity contribution in [3.63, 3.8) is 0 Å². The Morgan fingerprint density at radius 3 is 0.912 bits per heavy atom. The summed E-state index contributed by atoms with van der Waals surface area (Å²) in [6.07, 6.45) is 4.38. The minimum Gasteiger partial charge on any atom is -0.496 e. The van der Waals surface area contributed by atoms with E-state index in [1.54, 1.807) is 6.07 Å². The molecule has 4 aromatic carbocycles. The lowest BCUT2D eigenvalue weighted by Crippen LogP contribution is -2.44. The molecule has 0 unspecified atom stereocenters. The maximum atomic E-state index is 14.3. The molecule has 0 fully saturated rings. The van der Waals surface area contributed by atoms with Gasteiger partial charge in [-0.2, -0.15) is 0 Å². The summed E-state index contributed by atoms with van der Waals surface area (Å²) in [6.45, 7) is 2.58. The van der Waals surface area contributed by atoms with E-state index in [9.17, 15) is 47.9 Å². The second-order valence-corrected chi connectivity index (χ2v) is 21.0. The van der Waals surface area contributed by atoms with Gasteiger partial charge in [-0.05, 0) is 183 Å². The standard InChI is InChI=1S/C62H87N13O15.CH4/c1-36(76)46(22-27-54(77)78)72-55(79)41-33-38(19-24-50(41)87-2)69-60(84)48(16-8-12-30-65)74-57(81)43-35-40(21-26-52(43)89-4)71-62(86)49(17-9-13-31-66)75-58(82)44-34-39(20-25-53(44)90-5)70-61(85)47(15-7-11-29-64)73-56(80)42-32-37(18-23-51(42)88-3)68-59(83)45(67)14-6-10-28-63;/h18-21,23-26,32-35,45-49H,6-17,22,27-31,63-67H2,1-5H3,(H,68,83)(H,69,84)(H,70,85)(H,71,86)(H,72,79)(H,73,80)(H,74,81)(H,75,82)(H,77,78);1H4/t45-,46-,47-,48-,49-;/m0./s1. The third-order valence-corrected chi connectivity index (χ3v) is 14.3. The molecule has 19 N–H and O–H groups in total. The van der Waals surface area contributed by atoms with Gasteiger partial charge in [0.1, 0.15) is 41.1 Å². The topological polar surface area (TPSA) is 454 Å². The van der Waals surface area contributed by atoms with Crippen LogP contribution in [0.15, 0.2) is 72.8 Å². The van der Waals surface area contributed by atoms with Crippen molar-refractivity contribution in [3.8, 4) is 23.0 Å². The molecule has 8 amide bonds. The predicted molar refractivity (Wildman–Crippen MR) is 345 cm³/mol. The van der Waals surface area contributed by atoms with Crippen molar-refractivity contribution in [3.05, 3.63) is 95.1 Å². The minimum atomic E-state index is -1.21. The Morgan fingerprint density at radius 1 is 0.396 bits per heavy atom. The summed E-state index contributed by atoms with van der Waals surface area (Å²) >= 11 is 0. The van der Waals surface area contributed by atoms with Crippen LogP contribution >= 0.6 is 0 Å². The molecule has 5 atom stereocenters. The van der Waals surface area contributed by atoms with Gasteiger partial charge in [0.25, 0.3) is 23.6 Å². The number of aliphatic carboxylic acids is 1. The molecular formula is C63H91N13O15. The molecule has 91 heavy (non-hydrogen) atoms. The lowest BCUT2D eigenvalue weighted by atomic mass is 10.0. The Kier molecular flexibility index (Phi) is 33.2. The normalized spacial score (nSPS) is 12.4. The highest BCUT2D eigenvalue weighted by Gasteiger charge is 2.30. The molecule has 0 aliphatic heterocycles. The molecular weight excluding hydrogens is 1180 g/mol. The number of Topliss-reactive ketones (excluding diaryl/α,β-unsaturated/α-hetero) is 1. The fourth-order valence-corrected chi connectivity index (χ4v) is 9.29. The van der Waals surface area contributed by atoms with Gasteiger partial charge in [-0.25, -0.2) is 0 Å². The smallest absolute Gasteiger partial charge is 0.303 e. The van der Waals surface area contributed by atoms with Crippen LogP contribution in [0.2, 0.25) is 0 Å². The van der Waals surface area contributed by atoms with Crippen LogP contribution < -0.4 is 90.2 Å². The van der Waals surface area contributed by atoms with Crippen molar-refractivity contribution < 1.29 is 72.0 Å². The number of rotatable bonds is 40. The lowest BCUT2D eigenvalue weighted by Gasteiger charge is -2.22. The summed E-state index contributed by atoms with van der Waals surface area (Å²) in [4.78, 5) is 135. The Balaban J connectivity index is 0.0000216. The van der Waals surface area contributed by atoms with E-state index in [2.05, 4.69) is 42.5 Å². The molecule has 4 rings (SSSR count). The zero-order valence-corrected chi connectivity index (χ0v) is 51.6. The van der Waals surface area contributed by atoms with Crippen molar-refractivity contribution in [1.29, 1.82) is 0 Å². The highest BCUT2D eigenvalue weighted by molar-refractivity contribution is 6.08. The number of benzene rings is 4. The van der Waals surface area contributed by atoms with Crippen LogP contribution in [0.4, 0.5) is 22.7 Å². The van der Waals surface area contributed by atoms with Gasteiger partial charge in [0.15, 0.2) is 5.78 Å². The monoisotopic (exact) mass is 1270 g/mol. The zero-order valence-electron chi connectivity index (χ0n) is 51.6. The zero-order chi connectivity index (χ0) is 66.3. The average molecular weight is 1270 g/mol. The molecule has 498 valence electrons. The van der Waals surface area contributed by atoms with Crippen molar-refractivity contribution in [2.75, 3.05) is 75.9 Å². The van der Waals surface area contributed by atoms with Crippen LogP contribution in [-0.4, -0.2) is 149 Å². The Morgan fingerprint density at radius 2 is 0.659 bits per heavy atom. The third kappa shape index (κ3) is 24.3. The number of carboxylic acid groups (broad SMARTS) is 1. The molecule has 0 aromatic heterocycles. The molecule has 0 aliphatic carbocycles. The molecule has 0 radical (unpaired) electrons. The summed E-state index contributed by atoms with van der Waals surface area (Å²) in [5, 5.41) is 31.0. The van der Waals surface area contributed by atoms with Gasteiger partial charge < -0.3 is 95.3 Å². The first kappa shape index (κ1) is 76.0. The summed E-state index contributed by atoms with van der Waals surface area (Å²) in [5.74, 6) is -6.70. The van der Waals surface area contributed by atoms with Crippen LogP contribution in [0, 0.1) is 0 Å². The van der Waals surface area contributed by atoms with Crippen molar-refractivity contribution >= 4 is 81.8 Å². The van der Waals surface area contributed by atoms with Crippen LogP contribution in [-0.2, 0) is 28.8 Å². The molecule has 0 aliphatic rings. The number of anilines is 4. The highest BCUT2D eigenvalue weighted by Crippen LogP contribution is 2.28. The Labute approximate surface area is 530 Å². The quantitative estimate of drug-likeness (QED) is 0.0281. The van der Waals surface area contributed by atoms with Gasteiger partial charge >= 0.3 is 5.97 Å². The van der Waals surface area contributed by atoms with E-state index in [4.69, 9.17) is 52.7 Å². The van der Waals surface area contributed by atoms with E-state index < -0.39 is 89.2 Å². The van der Waals surface area contributed by atoms with E-state index in [-0.39, 0.29) is 114 Å². The summed E-state index contributed by atoms with van der Waals surface area (Å²) in [6, 6.07) is 11.7. The SMILES string of the molecule is C.COc1ccc(NC(=O)[C@H](CCCCN)NC(=O)c2cc(NC(=O)[C@H](CCCCN)NC(=O)c3cc(NC(=O)[C@H](CCCCN)NC(=O)c4cc(NC(=O)[C@@H](N)CCCCN)ccc4OC)ccc3OC)ccc2OC)cc1C(=O)N[C@@H](CCC(=O)O)C(C)=O. The van der Waals surface area contributed by atoms with E-state index in [1.165, 1.54) is 102 Å². The van der Waals surface area contributed by atoms with Crippen LogP contribution in [0.3, 0.4) is 0 Å². The Hall–Kier alpha value is -9.22. The second kappa shape index (κ2) is 39.7. The van der Waals surface area contributed by atoms with E-state index >= 15 is 0 Å². The average Bonchev–Trinajstić information content (AvgIpc) is 2.24. The minimum absolute atomic E-state index is 0. The molecule has 28 nitrogen and oxygen atoms in total. The number of nitrogens with two attached hydrogens (primary N) is 5. The number of carboxylic acids is 1. The number of carbonyl (C=O) groups is 10. The predicted octanol–water partition coefficient (Wildman–Crippen LogP) is 3.90. The highest BCUT2D eigenvalue weighted by atomic mass is 16.5. The molecule has 4 aromatic rings. The first-order chi connectivity index (χ1) is 43.1. The van der Waals surface area contributed by atoms with Crippen molar-refractivity contribution in [2.45, 2.75) is 134 Å². The number of hydrogen-bond acceptors (Lipinski definition) is 19. The molecule has 0 spiro atoms. The van der Waals surface area contributed by atoms with Gasteiger partial charge in [0.05, 0.1) is 62.8 Å². The van der Waals surface area contributed by atoms with Gasteiger partial charge in [-0.15, -0.1) is 0 Å². The number of unbranched alkanes of at least 4 members (excludes halogenated alkanes) is 4. The van der Waals surface area contributed by atoms with Gasteiger partial charge in [-0.3, -0.25) is 47.9 Å². The molecule has 0 saturated carbocycles.